The summed E-state index contributed by atoms with van der Waals surface area (Å²) in [5, 5.41) is 9.10. The van der Waals surface area contributed by atoms with Crippen LogP contribution in [0.4, 0.5) is 0 Å². The third kappa shape index (κ3) is 2.87. The van der Waals surface area contributed by atoms with Crippen molar-refractivity contribution in [2.45, 2.75) is 26.2 Å². The zero-order valence-corrected chi connectivity index (χ0v) is 8.60. The lowest BCUT2D eigenvalue weighted by molar-refractivity contribution is -0.109. The van der Waals surface area contributed by atoms with Crippen molar-refractivity contribution in [2.24, 2.45) is 5.92 Å². The smallest absolute Gasteiger partial charge is 0.127 e. The minimum absolute atomic E-state index is 0.0457. The van der Waals surface area contributed by atoms with Gasteiger partial charge in [0.1, 0.15) is 12.0 Å². The Kier molecular flexibility index (Phi) is 3.69. The Morgan fingerprint density at radius 3 is 2.29 bits per heavy atom. The van der Waals surface area contributed by atoms with Crippen LogP contribution in [0, 0.1) is 5.92 Å². The molecule has 1 N–H and O–H groups in total. The van der Waals surface area contributed by atoms with Crippen LogP contribution in [-0.2, 0) is 4.79 Å². The summed E-state index contributed by atoms with van der Waals surface area (Å²) in [6.07, 6.45) is 1.83. The molecule has 2 nitrogen and oxygen atoms in total. The molecular weight excluding hydrogens is 176 g/mol. The summed E-state index contributed by atoms with van der Waals surface area (Å²) >= 11 is 0. The van der Waals surface area contributed by atoms with E-state index in [1.807, 2.05) is 0 Å². The summed E-state index contributed by atoms with van der Waals surface area (Å²) in [5.41, 5.74) is 0.978. The average molecular weight is 192 g/mol. The number of rotatable bonds is 4. The van der Waals surface area contributed by atoms with Crippen LogP contribution in [-0.4, -0.2) is 11.4 Å². The molecule has 0 aliphatic heterocycles. The number of aromatic hydroxyl groups is 1. The third-order valence-corrected chi connectivity index (χ3v) is 2.21. The van der Waals surface area contributed by atoms with E-state index in [0.717, 1.165) is 18.3 Å². The monoisotopic (exact) mass is 192 g/mol. The Morgan fingerprint density at radius 1 is 1.29 bits per heavy atom. The summed E-state index contributed by atoms with van der Waals surface area (Å²) in [7, 11) is 0. The number of hydrogen-bond donors (Lipinski definition) is 1. The largest absolute Gasteiger partial charge is 0.508 e. The van der Waals surface area contributed by atoms with Gasteiger partial charge in [-0.25, -0.2) is 0 Å². The van der Waals surface area contributed by atoms with Crippen molar-refractivity contribution in [3.8, 4) is 5.75 Å². The molecule has 1 atom stereocenters. The van der Waals surface area contributed by atoms with Crippen LogP contribution in [0.25, 0.3) is 0 Å². The van der Waals surface area contributed by atoms with Gasteiger partial charge in [-0.15, -0.1) is 0 Å². The van der Waals surface area contributed by atoms with Crippen molar-refractivity contribution in [3.63, 3.8) is 0 Å². The maximum absolute atomic E-state index is 10.9. The second-order valence-electron chi connectivity index (χ2n) is 3.96. The second-order valence-corrected chi connectivity index (χ2v) is 3.96. The number of aldehydes is 1. The van der Waals surface area contributed by atoms with E-state index < -0.39 is 0 Å². The molecule has 0 aliphatic carbocycles. The lowest BCUT2D eigenvalue weighted by atomic mass is 9.91. The van der Waals surface area contributed by atoms with Gasteiger partial charge in [0.05, 0.1) is 0 Å². The minimum Gasteiger partial charge on any atom is -0.508 e. The van der Waals surface area contributed by atoms with Gasteiger partial charge >= 0.3 is 0 Å². The normalized spacial score (nSPS) is 12.8. The Balaban J connectivity index is 2.78. The Bertz CT molecular complexity index is 288. The van der Waals surface area contributed by atoms with Crippen molar-refractivity contribution in [1.82, 2.24) is 0 Å². The standard InChI is InChI=1S/C12H16O2/c1-9(2)7-11(8-13)10-3-5-12(14)6-4-10/h3-6,8-9,11,14H,7H2,1-2H3. The van der Waals surface area contributed by atoms with Crippen molar-refractivity contribution < 1.29 is 9.90 Å². The van der Waals surface area contributed by atoms with Gasteiger partial charge in [-0.05, 0) is 30.0 Å². The Morgan fingerprint density at radius 2 is 1.86 bits per heavy atom. The Labute approximate surface area is 84.6 Å². The fraction of sp³-hybridized carbons (Fsp3) is 0.417. The van der Waals surface area contributed by atoms with Gasteiger partial charge in [0.15, 0.2) is 0 Å². The van der Waals surface area contributed by atoms with Crippen LogP contribution in [0.3, 0.4) is 0 Å². The highest BCUT2D eigenvalue weighted by molar-refractivity contribution is 5.62. The predicted molar refractivity (Wildman–Crippen MR) is 56.4 cm³/mol. The molecule has 1 aromatic carbocycles. The first kappa shape index (κ1) is 10.8. The van der Waals surface area contributed by atoms with Gasteiger partial charge in [0, 0.05) is 5.92 Å². The third-order valence-electron chi connectivity index (χ3n) is 2.21. The Hall–Kier alpha value is -1.31. The van der Waals surface area contributed by atoms with Crippen molar-refractivity contribution >= 4 is 6.29 Å². The highest BCUT2D eigenvalue weighted by atomic mass is 16.3. The van der Waals surface area contributed by atoms with Crippen molar-refractivity contribution in [1.29, 1.82) is 0 Å². The fourth-order valence-electron chi connectivity index (χ4n) is 1.50. The second kappa shape index (κ2) is 4.80. The molecule has 1 aromatic rings. The molecule has 1 rings (SSSR count). The predicted octanol–water partition coefficient (Wildman–Crippen LogP) is 2.72. The maximum Gasteiger partial charge on any atom is 0.127 e. The molecule has 0 radical (unpaired) electrons. The zero-order valence-electron chi connectivity index (χ0n) is 8.60. The van der Waals surface area contributed by atoms with Crippen molar-refractivity contribution in [2.75, 3.05) is 0 Å². The molecule has 2 heteroatoms. The molecule has 0 aliphatic rings. The molecule has 0 saturated heterocycles. The van der Waals surface area contributed by atoms with E-state index in [1.165, 1.54) is 0 Å². The van der Waals surface area contributed by atoms with Crippen LogP contribution < -0.4 is 0 Å². The quantitative estimate of drug-likeness (QED) is 0.745. The molecule has 1 unspecified atom stereocenters. The van der Waals surface area contributed by atoms with Gasteiger partial charge in [-0.1, -0.05) is 26.0 Å². The SMILES string of the molecule is CC(C)CC(C=O)c1ccc(O)cc1. The number of phenols is 1. The van der Waals surface area contributed by atoms with Gasteiger partial charge < -0.3 is 9.90 Å². The lowest BCUT2D eigenvalue weighted by Crippen LogP contribution is -2.03. The molecule has 14 heavy (non-hydrogen) atoms. The molecule has 0 spiro atoms. The fourth-order valence-corrected chi connectivity index (χ4v) is 1.50. The molecule has 0 saturated carbocycles. The molecule has 0 fully saturated rings. The molecule has 76 valence electrons. The summed E-state index contributed by atoms with van der Waals surface area (Å²) in [5.74, 6) is 0.692. The lowest BCUT2D eigenvalue weighted by Gasteiger charge is -2.12. The first-order chi connectivity index (χ1) is 6.63. The van der Waals surface area contributed by atoms with E-state index in [-0.39, 0.29) is 11.7 Å². The van der Waals surface area contributed by atoms with E-state index in [9.17, 15) is 4.79 Å². The average Bonchev–Trinajstić information content (AvgIpc) is 2.15. The molecule has 0 heterocycles. The minimum atomic E-state index is -0.0457. The number of carbonyl (C=O) groups is 1. The number of phenolic OH excluding ortho intramolecular Hbond substituents is 1. The van der Waals surface area contributed by atoms with Gasteiger partial charge in [-0.3, -0.25) is 0 Å². The first-order valence-electron chi connectivity index (χ1n) is 4.87. The number of hydrogen-bond acceptors (Lipinski definition) is 2. The number of benzene rings is 1. The molecular formula is C12H16O2. The van der Waals surface area contributed by atoms with Crippen LogP contribution in [0.15, 0.2) is 24.3 Å². The zero-order chi connectivity index (χ0) is 10.6. The van der Waals surface area contributed by atoms with Gasteiger partial charge in [0.25, 0.3) is 0 Å². The molecule has 0 bridgehead atoms. The summed E-state index contributed by atoms with van der Waals surface area (Å²) in [4.78, 5) is 10.9. The van der Waals surface area contributed by atoms with E-state index in [4.69, 9.17) is 5.11 Å². The topological polar surface area (TPSA) is 37.3 Å². The van der Waals surface area contributed by atoms with Crippen molar-refractivity contribution in [3.05, 3.63) is 29.8 Å². The molecule has 0 aromatic heterocycles. The molecule has 0 amide bonds. The van der Waals surface area contributed by atoms with E-state index in [0.29, 0.717) is 5.92 Å². The summed E-state index contributed by atoms with van der Waals surface area (Å²) < 4.78 is 0. The highest BCUT2D eigenvalue weighted by Gasteiger charge is 2.11. The maximum atomic E-state index is 10.9. The summed E-state index contributed by atoms with van der Waals surface area (Å²) in [6, 6.07) is 6.84. The van der Waals surface area contributed by atoms with E-state index in [1.54, 1.807) is 24.3 Å². The number of carbonyl (C=O) groups excluding carboxylic acids is 1. The highest BCUT2D eigenvalue weighted by Crippen LogP contribution is 2.23. The van der Waals surface area contributed by atoms with Crippen LogP contribution in [0.2, 0.25) is 0 Å². The van der Waals surface area contributed by atoms with Crippen LogP contribution in [0.1, 0.15) is 31.7 Å². The van der Waals surface area contributed by atoms with Gasteiger partial charge in [0.2, 0.25) is 0 Å². The van der Waals surface area contributed by atoms with Gasteiger partial charge in [-0.2, -0.15) is 0 Å². The van der Waals surface area contributed by atoms with E-state index >= 15 is 0 Å². The first-order valence-corrected chi connectivity index (χ1v) is 4.87. The van der Waals surface area contributed by atoms with Crippen LogP contribution in [0.5, 0.6) is 5.75 Å². The van der Waals surface area contributed by atoms with Crippen LogP contribution >= 0.6 is 0 Å². The van der Waals surface area contributed by atoms with E-state index in [2.05, 4.69) is 13.8 Å². The summed E-state index contributed by atoms with van der Waals surface area (Å²) in [6.45, 7) is 4.19.